The number of hydrogen-bond donors (Lipinski definition) is 2. The van der Waals surface area contributed by atoms with Gasteiger partial charge in [0.1, 0.15) is 0 Å². The van der Waals surface area contributed by atoms with Crippen molar-refractivity contribution in [2.24, 2.45) is 0 Å². The Morgan fingerprint density at radius 3 is 3.00 bits per heavy atom. The third-order valence-corrected chi connectivity index (χ3v) is 2.93. The zero-order chi connectivity index (χ0) is 13.5. The predicted molar refractivity (Wildman–Crippen MR) is 74.8 cm³/mol. The van der Waals surface area contributed by atoms with Gasteiger partial charge in [-0.15, -0.1) is 0 Å². The second-order valence-corrected chi connectivity index (χ2v) is 4.46. The maximum absolute atomic E-state index is 8.88. The molecule has 0 saturated heterocycles. The molecule has 0 fully saturated rings. The van der Waals surface area contributed by atoms with E-state index in [0.29, 0.717) is 6.54 Å². The van der Waals surface area contributed by atoms with Crippen molar-refractivity contribution in [3.8, 4) is 0 Å². The van der Waals surface area contributed by atoms with E-state index >= 15 is 0 Å². The summed E-state index contributed by atoms with van der Waals surface area (Å²) in [5.74, 6) is 0. The number of aromatic nitrogens is 3. The Balaban J connectivity index is 2.07. The number of rotatable bonds is 7. The largest absolute Gasteiger partial charge is 0.394 e. The lowest BCUT2D eigenvalue weighted by molar-refractivity contribution is 0.269. The number of hydrogen-bond acceptors (Lipinski definition) is 4. The van der Waals surface area contributed by atoms with E-state index in [-0.39, 0.29) is 12.6 Å². The molecule has 19 heavy (non-hydrogen) atoms. The van der Waals surface area contributed by atoms with Gasteiger partial charge in [0.15, 0.2) is 0 Å². The summed E-state index contributed by atoms with van der Waals surface area (Å²) in [6.45, 7) is 2.77. The number of nitrogens with one attached hydrogen (secondary N) is 1. The van der Waals surface area contributed by atoms with E-state index in [2.05, 4.69) is 22.3 Å². The quantitative estimate of drug-likeness (QED) is 0.801. The van der Waals surface area contributed by atoms with Crippen molar-refractivity contribution < 1.29 is 5.11 Å². The van der Waals surface area contributed by atoms with Crippen molar-refractivity contribution in [3.05, 3.63) is 42.5 Å². The first kappa shape index (κ1) is 13.5. The Kier molecular flexibility index (Phi) is 4.92. The van der Waals surface area contributed by atoms with Crippen molar-refractivity contribution in [1.29, 1.82) is 0 Å². The van der Waals surface area contributed by atoms with Gasteiger partial charge in [-0.05, 0) is 18.6 Å². The van der Waals surface area contributed by atoms with Gasteiger partial charge < -0.3 is 10.4 Å². The highest BCUT2D eigenvalue weighted by Crippen LogP contribution is 2.21. The lowest BCUT2D eigenvalue weighted by Gasteiger charge is -2.17. The van der Waals surface area contributed by atoms with Crippen molar-refractivity contribution in [1.82, 2.24) is 14.8 Å². The molecule has 2 rings (SSSR count). The van der Waals surface area contributed by atoms with Crippen LogP contribution in [-0.4, -0.2) is 26.5 Å². The van der Waals surface area contributed by atoms with Crippen LogP contribution in [0, 0.1) is 0 Å². The van der Waals surface area contributed by atoms with Crippen LogP contribution in [-0.2, 0) is 6.54 Å². The number of anilines is 1. The molecule has 0 aromatic carbocycles. The lowest BCUT2D eigenvalue weighted by Crippen LogP contribution is -2.11. The molecule has 2 aromatic rings. The molecule has 2 N–H and O–H groups in total. The molecule has 0 bridgehead atoms. The van der Waals surface area contributed by atoms with E-state index in [0.717, 1.165) is 24.2 Å². The highest BCUT2D eigenvalue weighted by atomic mass is 16.3. The van der Waals surface area contributed by atoms with Gasteiger partial charge in [0.05, 0.1) is 36.8 Å². The van der Waals surface area contributed by atoms with E-state index < -0.39 is 0 Å². The van der Waals surface area contributed by atoms with Gasteiger partial charge in [0.25, 0.3) is 0 Å². The fraction of sp³-hybridized carbons (Fsp3) is 0.429. The molecule has 0 radical (unpaired) electrons. The first-order valence-electron chi connectivity index (χ1n) is 6.64. The van der Waals surface area contributed by atoms with E-state index in [1.54, 1.807) is 10.9 Å². The number of pyridine rings is 1. The first-order valence-corrected chi connectivity index (χ1v) is 6.64. The molecule has 0 aliphatic rings. The molecule has 0 saturated carbocycles. The average Bonchev–Trinajstić information content (AvgIpc) is 2.87. The van der Waals surface area contributed by atoms with Crippen LogP contribution >= 0.6 is 0 Å². The van der Waals surface area contributed by atoms with Crippen molar-refractivity contribution in [3.63, 3.8) is 0 Å². The van der Waals surface area contributed by atoms with Crippen LogP contribution in [0.2, 0.25) is 0 Å². The normalized spacial score (nSPS) is 12.3. The Morgan fingerprint density at radius 2 is 2.32 bits per heavy atom. The fourth-order valence-corrected chi connectivity index (χ4v) is 2.03. The summed E-state index contributed by atoms with van der Waals surface area (Å²) >= 11 is 0. The highest BCUT2D eigenvalue weighted by molar-refractivity contribution is 5.40. The monoisotopic (exact) mass is 260 g/mol. The average molecular weight is 260 g/mol. The van der Waals surface area contributed by atoms with Crippen LogP contribution in [0.4, 0.5) is 5.69 Å². The van der Waals surface area contributed by atoms with Gasteiger partial charge in [0, 0.05) is 12.4 Å². The van der Waals surface area contributed by atoms with Crippen LogP contribution < -0.4 is 5.32 Å². The van der Waals surface area contributed by atoms with Crippen LogP contribution in [0.1, 0.15) is 31.5 Å². The number of aliphatic hydroxyl groups is 1. The summed E-state index contributed by atoms with van der Waals surface area (Å²) in [4.78, 5) is 4.41. The topological polar surface area (TPSA) is 63.0 Å². The summed E-state index contributed by atoms with van der Waals surface area (Å²) in [6, 6.07) is 6.15. The van der Waals surface area contributed by atoms with Crippen LogP contribution in [0.15, 0.2) is 36.8 Å². The summed E-state index contributed by atoms with van der Waals surface area (Å²) in [5.41, 5.74) is 2.00. The van der Waals surface area contributed by atoms with Gasteiger partial charge >= 0.3 is 0 Å². The Bertz CT molecular complexity index is 483. The number of aliphatic hydroxyl groups excluding tert-OH is 1. The standard InChI is InChI=1S/C14H20N4O/c1-2-5-14(13-6-3-4-7-15-13)17-12-10-16-18(11-12)8-9-19/h3-4,6-7,10-11,14,17,19H,2,5,8-9H2,1H3. The fourth-order valence-electron chi connectivity index (χ4n) is 2.03. The molecule has 2 heterocycles. The molecular formula is C14H20N4O. The van der Waals surface area contributed by atoms with Crippen molar-refractivity contribution in [2.45, 2.75) is 32.4 Å². The van der Waals surface area contributed by atoms with Gasteiger partial charge in [-0.25, -0.2) is 0 Å². The minimum atomic E-state index is 0.0970. The van der Waals surface area contributed by atoms with E-state index in [9.17, 15) is 0 Å². The third kappa shape index (κ3) is 3.79. The molecule has 1 atom stereocenters. The second-order valence-electron chi connectivity index (χ2n) is 4.46. The lowest BCUT2D eigenvalue weighted by atomic mass is 10.1. The summed E-state index contributed by atoms with van der Waals surface area (Å²) < 4.78 is 1.73. The van der Waals surface area contributed by atoms with E-state index in [1.807, 2.05) is 30.6 Å². The number of nitrogens with zero attached hydrogens (tertiary/aromatic N) is 3. The molecule has 5 nitrogen and oxygen atoms in total. The summed E-state index contributed by atoms with van der Waals surface area (Å²) in [7, 11) is 0. The molecule has 5 heteroatoms. The molecule has 0 aliphatic heterocycles. The first-order chi connectivity index (χ1) is 9.33. The molecule has 1 unspecified atom stereocenters. The summed E-state index contributed by atoms with van der Waals surface area (Å²) in [5, 5.41) is 16.5. The minimum absolute atomic E-state index is 0.0970. The predicted octanol–water partition coefficient (Wildman–Crippen LogP) is 2.22. The van der Waals surface area contributed by atoms with Gasteiger partial charge in [0.2, 0.25) is 0 Å². The highest BCUT2D eigenvalue weighted by Gasteiger charge is 2.12. The van der Waals surface area contributed by atoms with Crippen molar-refractivity contribution in [2.75, 3.05) is 11.9 Å². The minimum Gasteiger partial charge on any atom is -0.394 e. The molecule has 0 aliphatic carbocycles. The molecule has 2 aromatic heterocycles. The Labute approximate surface area is 113 Å². The maximum atomic E-state index is 8.88. The zero-order valence-electron chi connectivity index (χ0n) is 11.2. The maximum Gasteiger partial charge on any atom is 0.0731 e. The summed E-state index contributed by atoms with van der Waals surface area (Å²) in [6.07, 6.45) is 7.60. The van der Waals surface area contributed by atoms with Crippen molar-refractivity contribution >= 4 is 5.69 Å². The van der Waals surface area contributed by atoms with Gasteiger partial charge in [-0.1, -0.05) is 19.4 Å². The Hall–Kier alpha value is -1.88. The van der Waals surface area contributed by atoms with Gasteiger partial charge in [-0.2, -0.15) is 5.10 Å². The van der Waals surface area contributed by atoms with Crippen LogP contribution in [0.3, 0.4) is 0 Å². The molecule has 102 valence electrons. The van der Waals surface area contributed by atoms with E-state index in [4.69, 9.17) is 5.11 Å². The molecular weight excluding hydrogens is 240 g/mol. The smallest absolute Gasteiger partial charge is 0.0731 e. The molecule has 0 spiro atoms. The molecule has 0 amide bonds. The third-order valence-electron chi connectivity index (χ3n) is 2.93. The van der Waals surface area contributed by atoms with Gasteiger partial charge in [-0.3, -0.25) is 9.67 Å². The van der Waals surface area contributed by atoms with Crippen LogP contribution in [0.5, 0.6) is 0 Å². The second kappa shape index (κ2) is 6.89. The van der Waals surface area contributed by atoms with Crippen LogP contribution in [0.25, 0.3) is 0 Å². The van der Waals surface area contributed by atoms with E-state index in [1.165, 1.54) is 0 Å². The Morgan fingerprint density at radius 1 is 1.42 bits per heavy atom. The SMILES string of the molecule is CCCC(Nc1cnn(CCO)c1)c1ccccn1. The zero-order valence-corrected chi connectivity index (χ0v) is 11.2.